The summed E-state index contributed by atoms with van der Waals surface area (Å²) in [4.78, 5) is 0. The number of aliphatic hydroxyl groups is 1. The van der Waals surface area contributed by atoms with E-state index in [9.17, 15) is 5.11 Å². The predicted octanol–water partition coefficient (Wildman–Crippen LogP) is 1.82. The van der Waals surface area contributed by atoms with Crippen molar-refractivity contribution in [2.45, 2.75) is 37.8 Å². The van der Waals surface area contributed by atoms with Crippen LogP contribution in [0.4, 0.5) is 0 Å². The van der Waals surface area contributed by atoms with Crippen molar-refractivity contribution in [1.29, 1.82) is 0 Å². The highest BCUT2D eigenvalue weighted by molar-refractivity contribution is 5.55. The summed E-state index contributed by atoms with van der Waals surface area (Å²) in [5, 5.41) is 13.6. The van der Waals surface area contributed by atoms with Gasteiger partial charge >= 0.3 is 0 Å². The number of benzene rings is 1. The molecule has 3 rings (SSSR count). The van der Waals surface area contributed by atoms with Crippen molar-refractivity contribution in [3.63, 3.8) is 0 Å². The van der Waals surface area contributed by atoms with E-state index >= 15 is 0 Å². The van der Waals surface area contributed by atoms with Crippen molar-refractivity contribution in [2.24, 2.45) is 0 Å². The Morgan fingerprint density at radius 3 is 2.85 bits per heavy atom. The highest BCUT2D eigenvalue weighted by atomic mass is 16.7. The van der Waals surface area contributed by atoms with Gasteiger partial charge in [0.1, 0.15) is 0 Å². The van der Waals surface area contributed by atoms with Crippen LogP contribution < -0.4 is 19.5 Å². The summed E-state index contributed by atoms with van der Waals surface area (Å²) in [6.45, 7) is 1.54. The van der Waals surface area contributed by atoms with Crippen molar-refractivity contribution >= 4 is 0 Å². The van der Waals surface area contributed by atoms with Gasteiger partial charge in [-0.25, -0.2) is 0 Å². The first-order valence-corrected chi connectivity index (χ1v) is 7.10. The lowest BCUT2D eigenvalue weighted by Crippen LogP contribution is -2.37. The first-order valence-electron chi connectivity index (χ1n) is 7.10. The molecule has 0 atom stereocenters. The third-order valence-electron chi connectivity index (χ3n) is 4.04. The maximum absolute atomic E-state index is 10.3. The molecule has 1 saturated carbocycles. The second-order valence-electron chi connectivity index (χ2n) is 5.57. The summed E-state index contributed by atoms with van der Waals surface area (Å²) in [5.41, 5.74) is 0.535. The second kappa shape index (κ2) is 5.50. The van der Waals surface area contributed by atoms with Crippen molar-refractivity contribution in [3.8, 4) is 17.2 Å². The van der Waals surface area contributed by atoms with Gasteiger partial charge in [-0.3, -0.25) is 0 Å². The monoisotopic (exact) mass is 279 g/mol. The first-order chi connectivity index (χ1) is 9.70. The minimum absolute atomic E-state index is 0.238. The van der Waals surface area contributed by atoms with Gasteiger partial charge in [-0.1, -0.05) is 12.8 Å². The van der Waals surface area contributed by atoms with Crippen LogP contribution in [0.2, 0.25) is 0 Å². The molecular weight excluding hydrogens is 258 g/mol. The Labute approximate surface area is 118 Å². The number of nitrogens with one attached hydrogen (secondary N) is 1. The molecule has 5 nitrogen and oxygen atoms in total. The van der Waals surface area contributed by atoms with Crippen LogP contribution >= 0.6 is 0 Å². The van der Waals surface area contributed by atoms with E-state index in [1.54, 1.807) is 7.11 Å². The first kappa shape index (κ1) is 13.5. The lowest BCUT2D eigenvalue weighted by atomic mass is 10.0. The van der Waals surface area contributed by atoms with Gasteiger partial charge in [-0.15, -0.1) is 0 Å². The Hall–Kier alpha value is -1.46. The Morgan fingerprint density at radius 1 is 1.30 bits per heavy atom. The number of methoxy groups -OCH3 is 1. The Balaban J connectivity index is 1.63. The smallest absolute Gasteiger partial charge is 0.231 e. The molecule has 0 unspecified atom stereocenters. The molecule has 1 aromatic carbocycles. The van der Waals surface area contributed by atoms with E-state index in [4.69, 9.17) is 14.2 Å². The zero-order valence-corrected chi connectivity index (χ0v) is 11.8. The number of fused-ring (bicyclic) bond motifs is 1. The number of hydrogen-bond acceptors (Lipinski definition) is 5. The molecule has 1 aliphatic carbocycles. The molecular formula is C15H21NO4. The number of ether oxygens (including phenoxy) is 3. The van der Waals surface area contributed by atoms with Crippen LogP contribution in [-0.2, 0) is 6.54 Å². The van der Waals surface area contributed by atoms with Crippen LogP contribution in [0, 0.1) is 0 Å². The summed E-state index contributed by atoms with van der Waals surface area (Å²) in [7, 11) is 1.62. The van der Waals surface area contributed by atoms with E-state index in [2.05, 4.69) is 5.32 Å². The fourth-order valence-electron chi connectivity index (χ4n) is 2.94. The number of rotatable bonds is 5. The molecule has 0 saturated heterocycles. The summed E-state index contributed by atoms with van der Waals surface area (Å²) in [5.74, 6) is 2.09. The van der Waals surface area contributed by atoms with Crippen molar-refractivity contribution in [2.75, 3.05) is 20.4 Å². The Kier molecular flexibility index (Phi) is 3.72. The molecule has 2 aliphatic rings. The van der Waals surface area contributed by atoms with Gasteiger partial charge < -0.3 is 24.6 Å². The van der Waals surface area contributed by atoms with Gasteiger partial charge in [0.15, 0.2) is 11.5 Å². The number of hydrogen-bond donors (Lipinski definition) is 2. The summed E-state index contributed by atoms with van der Waals surface area (Å²) >= 11 is 0. The summed E-state index contributed by atoms with van der Waals surface area (Å²) in [6, 6.07) is 3.90. The van der Waals surface area contributed by atoms with Gasteiger partial charge in [-0.2, -0.15) is 0 Å². The van der Waals surface area contributed by atoms with Crippen LogP contribution in [0.15, 0.2) is 12.1 Å². The molecule has 0 spiro atoms. The van der Waals surface area contributed by atoms with Crippen LogP contribution in [0.1, 0.15) is 31.2 Å². The minimum atomic E-state index is -0.527. The average molecular weight is 279 g/mol. The molecule has 1 fully saturated rings. The SMILES string of the molecule is COc1cc(CNCC2(O)CCCC2)cc2c1OCO2. The fourth-order valence-corrected chi connectivity index (χ4v) is 2.94. The van der Waals surface area contributed by atoms with Crippen LogP contribution in [0.25, 0.3) is 0 Å². The molecule has 0 aromatic heterocycles. The third-order valence-corrected chi connectivity index (χ3v) is 4.04. The summed E-state index contributed by atoms with van der Waals surface area (Å²) < 4.78 is 16.1. The summed E-state index contributed by atoms with van der Waals surface area (Å²) in [6.07, 6.45) is 4.03. The van der Waals surface area contributed by atoms with E-state index < -0.39 is 5.60 Å². The van der Waals surface area contributed by atoms with Gasteiger partial charge in [0, 0.05) is 13.1 Å². The molecule has 2 N–H and O–H groups in total. The highest BCUT2D eigenvalue weighted by Gasteiger charge is 2.30. The molecule has 1 aromatic rings. The van der Waals surface area contributed by atoms with E-state index in [0.29, 0.717) is 24.6 Å². The van der Waals surface area contributed by atoms with E-state index in [1.165, 1.54) is 0 Å². The standard InChI is InChI=1S/C15H21NO4/c1-18-12-6-11(7-13-14(12)20-10-19-13)8-16-9-15(17)4-2-3-5-15/h6-7,16-17H,2-5,8-10H2,1H3. The fraction of sp³-hybridized carbons (Fsp3) is 0.600. The largest absolute Gasteiger partial charge is 0.493 e. The van der Waals surface area contributed by atoms with Crippen LogP contribution in [-0.4, -0.2) is 31.2 Å². The Morgan fingerprint density at radius 2 is 2.10 bits per heavy atom. The maximum Gasteiger partial charge on any atom is 0.231 e. The maximum atomic E-state index is 10.3. The van der Waals surface area contributed by atoms with Crippen molar-refractivity contribution < 1.29 is 19.3 Å². The highest BCUT2D eigenvalue weighted by Crippen LogP contribution is 2.41. The van der Waals surface area contributed by atoms with Gasteiger partial charge in [0.25, 0.3) is 0 Å². The van der Waals surface area contributed by atoms with E-state index in [0.717, 1.165) is 37.0 Å². The Bertz CT molecular complexity index is 483. The van der Waals surface area contributed by atoms with Gasteiger partial charge in [0.2, 0.25) is 12.5 Å². The van der Waals surface area contributed by atoms with Gasteiger partial charge in [0.05, 0.1) is 12.7 Å². The molecule has 0 amide bonds. The second-order valence-corrected chi connectivity index (χ2v) is 5.57. The molecule has 0 radical (unpaired) electrons. The van der Waals surface area contributed by atoms with Crippen molar-refractivity contribution in [1.82, 2.24) is 5.32 Å². The topological polar surface area (TPSA) is 60.0 Å². The van der Waals surface area contributed by atoms with E-state index in [-0.39, 0.29) is 6.79 Å². The van der Waals surface area contributed by atoms with E-state index in [1.807, 2.05) is 12.1 Å². The molecule has 20 heavy (non-hydrogen) atoms. The van der Waals surface area contributed by atoms with Gasteiger partial charge in [-0.05, 0) is 30.5 Å². The van der Waals surface area contributed by atoms with Crippen molar-refractivity contribution in [3.05, 3.63) is 17.7 Å². The average Bonchev–Trinajstić information content (AvgIpc) is 3.07. The lowest BCUT2D eigenvalue weighted by molar-refractivity contribution is 0.0475. The zero-order valence-electron chi connectivity index (χ0n) is 11.8. The third kappa shape index (κ3) is 2.69. The molecule has 110 valence electrons. The molecule has 5 heteroatoms. The molecule has 0 bridgehead atoms. The van der Waals surface area contributed by atoms with Crippen LogP contribution in [0.3, 0.4) is 0 Å². The van der Waals surface area contributed by atoms with Crippen LogP contribution in [0.5, 0.6) is 17.2 Å². The zero-order chi connectivity index (χ0) is 14.0. The predicted molar refractivity (Wildman–Crippen MR) is 74.2 cm³/mol. The quantitative estimate of drug-likeness (QED) is 0.861. The molecule has 1 aliphatic heterocycles. The molecule has 1 heterocycles. The lowest BCUT2D eigenvalue weighted by Gasteiger charge is -2.22. The normalized spacial score (nSPS) is 19.3. The minimum Gasteiger partial charge on any atom is -0.493 e.